The third-order valence-electron chi connectivity index (χ3n) is 5.04. The van der Waals surface area contributed by atoms with Crippen molar-refractivity contribution < 1.29 is 14.3 Å². The summed E-state index contributed by atoms with van der Waals surface area (Å²) in [4.78, 5) is 28.3. The molecule has 6 nitrogen and oxygen atoms in total. The van der Waals surface area contributed by atoms with Crippen molar-refractivity contribution in [3.05, 3.63) is 29.3 Å². The lowest BCUT2D eigenvalue weighted by Gasteiger charge is -2.36. The number of piperazine rings is 1. The van der Waals surface area contributed by atoms with Crippen LogP contribution in [0.2, 0.25) is 0 Å². The van der Waals surface area contributed by atoms with Crippen LogP contribution in [-0.4, -0.2) is 60.4 Å². The Balaban J connectivity index is 0.00000364. The first-order chi connectivity index (χ1) is 12.3. The third-order valence-corrected chi connectivity index (χ3v) is 5.04. The van der Waals surface area contributed by atoms with Gasteiger partial charge in [0.05, 0.1) is 6.04 Å². The van der Waals surface area contributed by atoms with Crippen molar-refractivity contribution in [2.24, 2.45) is 11.7 Å². The monoisotopic (exact) mass is 397 g/mol. The second-order valence-electron chi connectivity index (χ2n) is 7.23. The summed E-state index contributed by atoms with van der Waals surface area (Å²) in [6, 6.07) is 5.45. The number of amides is 2. The molecule has 0 bridgehead atoms. The molecule has 2 N–H and O–H groups in total. The van der Waals surface area contributed by atoms with Crippen LogP contribution in [0.5, 0.6) is 5.75 Å². The van der Waals surface area contributed by atoms with Gasteiger partial charge in [-0.25, -0.2) is 0 Å². The first-order valence-electron chi connectivity index (χ1n) is 9.35. The Morgan fingerprint density at radius 3 is 2.11 bits per heavy atom. The van der Waals surface area contributed by atoms with Crippen molar-refractivity contribution in [2.75, 3.05) is 32.8 Å². The zero-order chi connectivity index (χ0) is 19.3. The maximum Gasteiger partial charge on any atom is 0.260 e. The van der Waals surface area contributed by atoms with Crippen LogP contribution in [0.1, 0.15) is 31.4 Å². The lowest BCUT2D eigenvalue weighted by molar-refractivity contribution is -0.142. The number of hydrogen-bond donors (Lipinski definition) is 1. The van der Waals surface area contributed by atoms with Gasteiger partial charge in [0.2, 0.25) is 5.91 Å². The summed E-state index contributed by atoms with van der Waals surface area (Å²) < 4.78 is 5.65. The number of nitrogens with zero attached hydrogens (tertiary/aromatic N) is 2. The van der Waals surface area contributed by atoms with E-state index in [4.69, 9.17) is 10.5 Å². The Labute approximate surface area is 168 Å². The minimum absolute atomic E-state index is 0. The zero-order valence-electron chi connectivity index (χ0n) is 16.7. The summed E-state index contributed by atoms with van der Waals surface area (Å²) in [5.41, 5.74) is 8.26. The van der Waals surface area contributed by atoms with Gasteiger partial charge in [0.1, 0.15) is 5.75 Å². The molecule has 0 aliphatic carbocycles. The van der Waals surface area contributed by atoms with Gasteiger partial charge in [-0.3, -0.25) is 9.59 Å². The molecular formula is C20H32ClN3O3. The lowest BCUT2D eigenvalue weighted by atomic mass is 9.98. The molecule has 27 heavy (non-hydrogen) atoms. The van der Waals surface area contributed by atoms with Crippen LogP contribution in [0.15, 0.2) is 18.2 Å². The highest BCUT2D eigenvalue weighted by Crippen LogP contribution is 2.16. The Kier molecular flexibility index (Phi) is 9.06. The summed E-state index contributed by atoms with van der Waals surface area (Å²) in [6.45, 7) is 10.1. The van der Waals surface area contributed by atoms with Crippen molar-refractivity contribution >= 4 is 24.2 Å². The van der Waals surface area contributed by atoms with Crippen LogP contribution in [-0.2, 0) is 9.59 Å². The third kappa shape index (κ3) is 6.40. The van der Waals surface area contributed by atoms with E-state index in [-0.39, 0.29) is 36.7 Å². The van der Waals surface area contributed by atoms with Gasteiger partial charge in [0.15, 0.2) is 6.61 Å². The van der Waals surface area contributed by atoms with Gasteiger partial charge >= 0.3 is 0 Å². The van der Waals surface area contributed by atoms with Crippen molar-refractivity contribution in [3.63, 3.8) is 0 Å². The normalized spacial score (nSPS) is 16.3. The second kappa shape index (κ2) is 10.5. The van der Waals surface area contributed by atoms with E-state index in [1.165, 1.54) is 0 Å². The van der Waals surface area contributed by atoms with E-state index >= 15 is 0 Å². The van der Waals surface area contributed by atoms with E-state index in [1.807, 2.05) is 39.8 Å². The number of aryl methyl sites for hydroxylation is 2. The van der Waals surface area contributed by atoms with Crippen LogP contribution < -0.4 is 10.5 Å². The lowest BCUT2D eigenvalue weighted by Crippen LogP contribution is -2.56. The van der Waals surface area contributed by atoms with E-state index < -0.39 is 6.04 Å². The van der Waals surface area contributed by atoms with Gasteiger partial charge in [0.25, 0.3) is 5.91 Å². The smallest absolute Gasteiger partial charge is 0.260 e. The Morgan fingerprint density at radius 1 is 1.07 bits per heavy atom. The number of benzene rings is 1. The average molecular weight is 398 g/mol. The Bertz CT molecular complexity index is 625. The van der Waals surface area contributed by atoms with E-state index in [0.29, 0.717) is 31.9 Å². The molecule has 0 saturated carbocycles. The number of carbonyl (C=O) groups excluding carboxylic acids is 2. The Morgan fingerprint density at radius 2 is 1.59 bits per heavy atom. The number of carbonyl (C=O) groups is 2. The average Bonchev–Trinajstić information content (AvgIpc) is 2.63. The van der Waals surface area contributed by atoms with Crippen LogP contribution in [0.25, 0.3) is 0 Å². The standard InChI is InChI=1S/C20H31N3O3.ClH/c1-5-16(4)19(21)20(25)23-8-6-22(7-9-23)18(24)13-26-17-11-14(2)10-15(3)12-17;/h10-12,16,19H,5-9,13,21H2,1-4H3;1H. The van der Waals surface area contributed by atoms with Crippen molar-refractivity contribution in [1.29, 1.82) is 0 Å². The predicted molar refractivity (Wildman–Crippen MR) is 109 cm³/mol. The van der Waals surface area contributed by atoms with Crippen molar-refractivity contribution in [3.8, 4) is 5.75 Å². The molecule has 1 aliphatic heterocycles. The molecule has 2 atom stereocenters. The number of nitrogens with two attached hydrogens (primary N) is 1. The summed E-state index contributed by atoms with van der Waals surface area (Å²) >= 11 is 0. The van der Waals surface area contributed by atoms with Crippen LogP contribution in [0, 0.1) is 19.8 Å². The fourth-order valence-electron chi connectivity index (χ4n) is 3.14. The molecule has 152 valence electrons. The molecule has 0 spiro atoms. The summed E-state index contributed by atoms with van der Waals surface area (Å²) in [6.07, 6.45) is 0.876. The molecule has 7 heteroatoms. The molecule has 0 aromatic heterocycles. The van der Waals surface area contributed by atoms with Gasteiger partial charge < -0.3 is 20.3 Å². The van der Waals surface area contributed by atoms with Gasteiger partial charge in [0, 0.05) is 26.2 Å². The minimum Gasteiger partial charge on any atom is -0.484 e. The van der Waals surface area contributed by atoms with Crippen molar-refractivity contribution in [2.45, 2.75) is 40.2 Å². The van der Waals surface area contributed by atoms with Crippen LogP contribution in [0.3, 0.4) is 0 Å². The number of rotatable bonds is 6. The molecule has 2 amide bonds. The highest BCUT2D eigenvalue weighted by Gasteiger charge is 2.29. The molecule has 1 aromatic carbocycles. The molecule has 2 unspecified atom stereocenters. The predicted octanol–water partition coefficient (Wildman–Crippen LogP) is 2.15. The second-order valence-corrected chi connectivity index (χ2v) is 7.23. The van der Waals surface area contributed by atoms with Crippen LogP contribution in [0.4, 0.5) is 0 Å². The minimum atomic E-state index is -0.463. The number of hydrogen-bond acceptors (Lipinski definition) is 4. The fraction of sp³-hybridized carbons (Fsp3) is 0.600. The molecule has 1 saturated heterocycles. The van der Waals surface area contributed by atoms with Gasteiger partial charge in [-0.1, -0.05) is 26.3 Å². The summed E-state index contributed by atoms with van der Waals surface area (Å²) in [5.74, 6) is 0.804. The summed E-state index contributed by atoms with van der Waals surface area (Å²) in [5, 5.41) is 0. The largest absolute Gasteiger partial charge is 0.484 e. The molecule has 1 heterocycles. The zero-order valence-corrected chi connectivity index (χ0v) is 17.6. The molecule has 0 radical (unpaired) electrons. The molecular weight excluding hydrogens is 366 g/mol. The van der Waals surface area contributed by atoms with Crippen LogP contribution >= 0.6 is 12.4 Å². The highest BCUT2D eigenvalue weighted by atomic mass is 35.5. The summed E-state index contributed by atoms with van der Waals surface area (Å²) in [7, 11) is 0. The maximum absolute atomic E-state index is 12.4. The van der Waals surface area contributed by atoms with E-state index in [1.54, 1.807) is 9.80 Å². The molecule has 1 fully saturated rings. The molecule has 1 aromatic rings. The van der Waals surface area contributed by atoms with Crippen molar-refractivity contribution in [1.82, 2.24) is 9.80 Å². The van der Waals surface area contributed by atoms with Gasteiger partial charge in [-0.05, 0) is 43.0 Å². The SMILES string of the molecule is CCC(C)C(N)C(=O)N1CCN(C(=O)COc2cc(C)cc(C)c2)CC1.Cl. The molecule has 1 aliphatic rings. The van der Waals surface area contributed by atoms with E-state index in [0.717, 1.165) is 17.5 Å². The topological polar surface area (TPSA) is 75.9 Å². The maximum atomic E-state index is 12.4. The quantitative estimate of drug-likeness (QED) is 0.797. The number of ether oxygens (including phenoxy) is 1. The fourth-order valence-corrected chi connectivity index (χ4v) is 3.14. The first kappa shape index (κ1) is 23.2. The van der Waals surface area contributed by atoms with E-state index in [9.17, 15) is 9.59 Å². The van der Waals surface area contributed by atoms with Gasteiger partial charge in [-0.2, -0.15) is 0 Å². The number of halogens is 1. The Hall–Kier alpha value is -1.79. The molecule has 2 rings (SSSR count). The van der Waals surface area contributed by atoms with E-state index in [2.05, 4.69) is 6.07 Å². The first-order valence-corrected chi connectivity index (χ1v) is 9.35. The van der Waals surface area contributed by atoms with Gasteiger partial charge in [-0.15, -0.1) is 12.4 Å². The highest BCUT2D eigenvalue weighted by molar-refractivity contribution is 5.85.